The number of nitrogens with zero attached hydrogens (tertiary/aromatic N) is 7. The first kappa shape index (κ1) is 31.5. The van der Waals surface area contributed by atoms with Gasteiger partial charge in [0.2, 0.25) is 0 Å². The number of carbonyl (C=O) groups excluding carboxylic acids is 2. The number of hydrogen-bond donors (Lipinski definition) is 0. The topological polar surface area (TPSA) is 96.7 Å². The van der Waals surface area contributed by atoms with Gasteiger partial charge in [0.05, 0.1) is 24.1 Å². The lowest BCUT2D eigenvalue weighted by molar-refractivity contribution is -0.137. The third kappa shape index (κ3) is 7.08. The number of piperazine rings is 1. The van der Waals surface area contributed by atoms with Gasteiger partial charge in [-0.2, -0.15) is 18.3 Å². The number of hydrogen-bond acceptors (Lipinski definition) is 7. The number of halogens is 3. The summed E-state index contributed by atoms with van der Waals surface area (Å²) in [7, 11) is 0. The Kier molecular flexibility index (Phi) is 9.35. The van der Waals surface area contributed by atoms with E-state index in [2.05, 4.69) is 15.3 Å². The summed E-state index contributed by atoms with van der Waals surface area (Å²) in [5, 5.41) is 12.6. The molecule has 0 radical (unpaired) electrons. The fourth-order valence-corrected chi connectivity index (χ4v) is 5.18. The Balaban J connectivity index is 1.32. The molecule has 1 aliphatic heterocycles. The van der Waals surface area contributed by atoms with Gasteiger partial charge in [-0.1, -0.05) is 12.1 Å². The van der Waals surface area contributed by atoms with Crippen LogP contribution in [0.4, 0.5) is 19.0 Å². The van der Waals surface area contributed by atoms with Crippen molar-refractivity contribution in [1.82, 2.24) is 29.8 Å². The summed E-state index contributed by atoms with van der Waals surface area (Å²) in [5.41, 5.74) is 0.831. The van der Waals surface area contributed by atoms with E-state index in [0.29, 0.717) is 49.9 Å². The van der Waals surface area contributed by atoms with Crippen LogP contribution in [0.25, 0.3) is 16.8 Å². The van der Waals surface area contributed by atoms with Gasteiger partial charge < -0.3 is 19.4 Å². The molecule has 1 fully saturated rings. The summed E-state index contributed by atoms with van der Waals surface area (Å²) in [6, 6.07) is 14.0. The van der Waals surface area contributed by atoms with Crippen LogP contribution in [0.15, 0.2) is 67.0 Å². The minimum Gasteiger partial charge on any atom is -0.494 e. The fourth-order valence-electron chi connectivity index (χ4n) is 5.18. The van der Waals surface area contributed by atoms with Crippen LogP contribution in [-0.4, -0.2) is 87.5 Å². The van der Waals surface area contributed by atoms with Crippen molar-refractivity contribution in [3.05, 3.63) is 83.8 Å². The van der Waals surface area contributed by atoms with Crippen molar-refractivity contribution in [2.24, 2.45) is 0 Å². The normalized spacial score (nSPS) is 13.6. The average Bonchev–Trinajstić information content (AvgIpc) is 3.56. The minimum absolute atomic E-state index is 0.0808. The highest BCUT2D eigenvalue weighted by atomic mass is 19.4. The molecule has 13 heteroatoms. The maximum absolute atomic E-state index is 13.9. The molecule has 2 aromatic carbocycles. The van der Waals surface area contributed by atoms with Gasteiger partial charge in [0.25, 0.3) is 11.8 Å². The first-order chi connectivity index (χ1) is 21.6. The molecule has 5 rings (SSSR count). The van der Waals surface area contributed by atoms with Gasteiger partial charge in [-0.3, -0.25) is 9.59 Å². The summed E-state index contributed by atoms with van der Waals surface area (Å²) < 4.78 is 48.7. The van der Waals surface area contributed by atoms with E-state index in [1.54, 1.807) is 29.4 Å². The van der Waals surface area contributed by atoms with Crippen molar-refractivity contribution in [1.29, 1.82) is 0 Å². The molecule has 0 aliphatic carbocycles. The highest BCUT2D eigenvalue weighted by molar-refractivity contribution is 5.95. The molecule has 4 aromatic rings. The van der Waals surface area contributed by atoms with E-state index < -0.39 is 17.6 Å². The molecule has 236 valence electrons. The largest absolute Gasteiger partial charge is 0.494 e. The van der Waals surface area contributed by atoms with E-state index in [-0.39, 0.29) is 35.9 Å². The molecular formula is C32H34F3N7O3. The van der Waals surface area contributed by atoms with E-state index >= 15 is 0 Å². The SMILES string of the molecule is CCOc1cccc(-c2cnn(-c3cc(C(=O)N4CCN(c5ccc(C(=O)N(CC)CC)nn5)CC4)cc(C(F)(F)F)c3)c2)c1. The van der Waals surface area contributed by atoms with Crippen LogP contribution in [0.2, 0.25) is 0 Å². The molecule has 0 unspecified atom stereocenters. The molecular weight excluding hydrogens is 587 g/mol. The number of carbonyl (C=O) groups is 2. The van der Waals surface area contributed by atoms with Gasteiger partial charge in [0.1, 0.15) is 5.75 Å². The van der Waals surface area contributed by atoms with Crippen molar-refractivity contribution in [3.63, 3.8) is 0 Å². The zero-order valence-corrected chi connectivity index (χ0v) is 25.3. The molecule has 10 nitrogen and oxygen atoms in total. The molecule has 45 heavy (non-hydrogen) atoms. The second-order valence-electron chi connectivity index (χ2n) is 10.4. The van der Waals surface area contributed by atoms with Crippen LogP contribution in [0.3, 0.4) is 0 Å². The van der Waals surface area contributed by atoms with Crippen LogP contribution in [0.5, 0.6) is 5.75 Å². The summed E-state index contributed by atoms with van der Waals surface area (Å²) in [6.07, 6.45) is -1.49. The van der Waals surface area contributed by atoms with Crippen molar-refractivity contribution < 1.29 is 27.5 Å². The second-order valence-corrected chi connectivity index (χ2v) is 10.4. The van der Waals surface area contributed by atoms with Crippen LogP contribution in [0, 0.1) is 0 Å². The lowest BCUT2D eigenvalue weighted by Gasteiger charge is -2.35. The van der Waals surface area contributed by atoms with Crippen molar-refractivity contribution >= 4 is 17.6 Å². The third-order valence-electron chi connectivity index (χ3n) is 7.63. The van der Waals surface area contributed by atoms with Gasteiger partial charge in [-0.25, -0.2) is 4.68 Å². The Morgan fingerprint density at radius 2 is 1.67 bits per heavy atom. The van der Waals surface area contributed by atoms with Crippen molar-refractivity contribution in [2.45, 2.75) is 26.9 Å². The van der Waals surface area contributed by atoms with Crippen molar-refractivity contribution in [2.75, 3.05) is 50.8 Å². The van der Waals surface area contributed by atoms with Crippen LogP contribution in [0.1, 0.15) is 47.2 Å². The standard InChI is InChI=1S/C32H34F3N7O3/c1-4-39(5-2)31(44)28-10-11-29(38-37-28)40-12-14-41(15-13-40)30(43)23-16-25(32(33,34)35)19-26(17-23)42-21-24(20-36-42)22-8-7-9-27(18-22)45-6-3/h7-11,16-21H,4-6,12-15H2,1-3H3. The summed E-state index contributed by atoms with van der Waals surface area (Å²) in [5.74, 6) is 0.521. The number of benzene rings is 2. The van der Waals surface area contributed by atoms with Crippen LogP contribution in [-0.2, 0) is 6.18 Å². The van der Waals surface area contributed by atoms with E-state index in [4.69, 9.17) is 4.74 Å². The predicted molar refractivity (Wildman–Crippen MR) is 163 cm³/mol. The molecule has 2 aromatic heterocycles. The van der Waals surface area contributed by atoms with E-state index in [0.717, 1.165) is 17.7 Å². The summed E-state index contributed by atoms with van der Waals surface area (Å²) >= 11 is 0. The predicted octanol–water partition coefficient (Wildman–Crippen LogP) is 5.19. The Labute approximate surface area is 259 Å². The van der Waals surface area contributed by atoms with E-state index in [9.17, 15) is 22.8 Å². The minimum atomic E-state index is -4.66. The number of rotatable bonds is 9. The maximum Gasteiger partial charge on any atom is 0.416 e. The van der Waals surface area contributed by atoms with Gasteiger partial charge in [-0.15, -0.1) is 10.2 Å². The first-order valence-electron chi connectivity index (χ1n) is 14.8. The molecule has 1 saturated heterocycles. The number of aromatic nitrogens is 4. The smallest absolute Gasteiger partial charge is 0.416 e. The molecule has 2 amide bonds. The first-order valence-corrected chi connectivity index (χ1v) is 14.8. The highest BCUT2D eigenvalue weighted by Crippen LogP contribution is 2.33. The Hall–Kier alpha value is -4.94. The molecule has 0 atom stereocenters. The van der Waals surface area contributed by atoms with E-state index in [1.807, 2.05) is 49.9 Å². The van der Waals surface area contributed by atoms with Gasteiger partial charge >= 0.3 is 6.18 Å². The highest BCUT2D eigenvalue weighted by Gasteiger charge is 2.33. The van der Waals surface area contributed by atoms with Crippen LogP contribution < -0.4 is 9.64 Å². The number of alkyl halides is 3. The zero-order chi connectivity index (χ0) is 32.1. The Morgan fingerprint density at radius 1 is 0.911 bits per heavy atom. The molecule has 1 aliphatic rings. The van der Waals surface area contributed by atoms with E-state index in [1.165, 1.54) is 15.6 Å². The third-order valence-corrected chi connectivity index (χ3v) is 7.63. The molecule has 0 bridgehead atoms. The van der Waals surface area contributed by atoms with Crippen LogP contribution >= 0.6 is 0 Å². The molecule has 0 saturated carbocycles. The number of amides is 2. The summed E-state index contributed by atoms with van der Waals surface area (Å²) in [6.45, 7) is 8.63. The lowest BCUT2D eigenvalue weighted by atomic mass is 10.1. The van der Waals surface area contributed by atoms with Gasteiger partial charge in [0.15, 0.2) is 11.5 Å². The molecule has 0 spiro atoms. The van der Waals surface area contributed by atoms with Crippen molar-refractivity contribution in [3.8, 4) is 22.6 Å². The summed E-state index contributed by atoms with van der Waals surface area (Å²) in [4.78, 5) is 31.1. The Bertz CT molecular complexity index is 1640. The quantitative estimate of drug-likeness (QED) is 0.254. The monoisotopic (exact) mass is 621 g/mol. The number of anilines is 1. The average molecular weight is 622 g/mol. The Morgan fingerprint density at radius 3 is 2.31 bits per heavy atom. The molecule has 0 N–H and O–H groups in total. The number of ether oxygens (including phenoxy) is 1. The van der Waals surface area contributed by atoms with Gasteiger partial charge in [-0.05, 0) is 68.8 Å². The fraction of sp³-hybridized carbons (Fsp3) is 0.344. The zero-order valence-electron chi connectivity index (χ0n) is 25.3. The maximum atomic E-state index is 13.9. The lowest BCUT2D eigenvalue weighted by Crippen LogP contribution is -2.49. The van der Waals surface area contributed by atoms with Gasteiger partial charge in [0, 0.05) is 56.6 Å². The molecule has 3 heterocycles. The second kappa shape index (κ2) is 13.4.